The number of rotatable bonds is 14. The van der Waals surface area contributed by atoms with Crippen LogP contribution in [0.25, 0.3) is 0 Å². The molecule has 0 N–H and O–H groups in total. The molecule has 2 atom stereocenters. The number of nitro groups is 1. The first-order valence-corrected chi connectivity index (χ1v) is 13.5. The lowest BCUT2D eigenvalue weighted by Gasteiger charge is -2.33. The topological polar surface area (TPSA) is 80.1 Å². The summed E-state index contributed by atoms with van der Waals surface area (Å²) in [6.07, 6.45) is 1.43. The lowest BCUT2D eigenvalue weighted by Crippen LogP contribution is -2.55. The fourth-order valence-electron chi connectivity index (χ4n) is 2.76. The molecule has 132 valence electrons. The summed E-state index contributed by atoms with van der Waals surface area (Å²) in [5, 5.41) is 10.6. The Balaban J connectivity index is 5.08. The van der Waals surface area contributed by atoms with E-state index in [0.717, 1.165) is 18.5 Å². The minimum atomic E-state index is -1.57. The first kappa shape index (κ1) is 22.0. The summed E-state index contributed by atoms with van der Waals surface area (Å²) in [6.45, 7) is -0.0229. The van der Waals surface area contributed by atoms with E-state index in [2.05, 4.69) is 0 Å². The molecular weight excluding hydrogens is 346 g/mol. The zero-order chi connectivity index (χ0) is 17.0. The standard InChI is InChI=1S/C12H28ClNO6Si2/c1-17-11(18-2)21(9-5-7-13)22(12(19-3)20-4)10-6-8-14(15)16/h11-12,21-22H,5-10H2,1-4H3. The number of methoxy groups -OCH3 is 4. The van der Waals surface area contributed by atoms with Crippen molar-refractivity contribution < 1.29 is 23.9 Å². The highest BCUT2D eigenvalue weighted by molar-refractivity contribution is 7.23. The lowest BCUT2D eigenvalue weighted by atomic mass is 10.5. The Morgan fingerprint density at radius 1 is 0.955 bits per heavy atom. The Morgan fingerprint density at radius 3 is 1.68 bits per heavy atom. The van der Waals surface area contributed by atoms with Crippen molar-refractivity contribution in [2.24, 2.45) is 0 Å². The van der Waals surface area contributed by atoms with Crippen LogP contribution in [0.3, 0.4) is 0 Å². The second-order valence-corrected chi connectivity index (χ2v) is 15.5. The molecule has 0 amide bonds. The summed E-state index contributed by atoms with van der Waals surface area (Å²) in [7, 11) is 3.42. The average Bonchev–Trinajstić information content (AvgIpc) is 2.51. The van der Waals surface area contributed by atoms with E-state index < -0.39 is 16.6 Å². The highest BCUT2D eigenvalue weighted by Crippen LogP contribution is 2.19. The maximum Gasteiger partial charge on any atom is 0.203 e. The van der Waals surface area contributed by atoms with Crippen molar-refractivity contribution in [1.29, 1.82) is 0 Å². The molecule has 0 aliphatic heterocycles. The van der Waals surface area contributed by atoms with Crippen molar-refractivity contribution in [3.05, 3.63) is 10.1 Å². The molecule has 0 bridgehead atoms. The van der Waals surface area contributed by atoms with Crippen LogP contribution in [0, 0.1) is 10.1 Å². The summed E-state index contributed by atoms with van der Waals surface area (Å²) in [5.41, 5.74) is 0. The Hall–Kier alpha value is -0.0362. The summed E-state index contributed by atoms with van der Waals surface area (Å²) >= 11 is 5.84. The van der Waals surface area contributed by atoms with Gasteiger partial charge in [0, 0.05) is 45.7 Å². The quantitative estimate of drug-likeness (QED) is 0.149. The third-order valence-corrected chi connectivity index (χ3v) is 16.9. The van der Waals surface area contributed by atoms with Gasteiger partial charge in [0.2, 0.25) is 6.54 Å². The van der Waals surface area contributed by atoms with Gasteiger partial charge < -0.3 is 18.9 Å². The van der Waals surface area contributed by atoms with Crippen molar-refractivity contribution in [3.63, 3.8) is 0 Å². The van der Waals surface area contributed by atoms with E-state index in [-0.39, 0.29) is 23.3 Å². The Labute approximate surface area is 140 Å². The van der Waals surface area contributed by atoms with Gasteiger partial charge in [-0.3, -0.25) is 10.1 Å². The van der Waals surface area contributed by atoms with Gasteiger partial charge >= 0.3 is 0 Å². The van der Waals surface area contributed by atoms with Crippen molar-refractivity contribution in [1.82, 2.24) is 0 Å². The summed E-state index contributed by atoms with van der Waals surface area (Å²) in [4.78, 5) is 10.3. The monoisotopic (exact) mass is 373 g/mol. The number of halogens is 1. The SMILES string of the molecule is COC(OC)[SiH](CCCCl)[SiH](CCC[N+](=O)[O-])C(OC)OC. The third kappa shape index (κ3) is 8.00. The molecule has 22 heavy (non-hydrogen) atoms. The van der Waals surface area contributed by atoms with Crippen LogP contribution in [0.2, 0.25) is 12.1 Å². The molecule has 0 aromatic carbocycles. The minimum Gasteiger partial charge on any atom is -0.360 e. The van der Waals surface area contributed by atoms with Crippen LogP contribution in [0.1, 0.15) is 12.8 Å². The molecule has 10 heteroatoms. The molecule has 0 saturated carbocycles. The molecule has 0 rings (SSSR count). The highest BCUT2D eigenvalue weighted by atomic mass is 35.5. The number of ether oxygens (including phenoxy) is 4. The first-order chi connectivity index (χ1) is 10.5. The molecule has 7 nitrogen and oxygen atoms in total. The van der Waals surface area contributed by atoms with Crippen LogP contribution in [-0.2, 0) is 18.9 Å². The van der Waals surface area contributed by atoms with Gasteiger partial charge in [-0.05, 0) is 6.42 Å². The van der Waals surface area contributed by atoms with Crippen molar-refractivity contribution in [3.8, 4) is 0 Å². The van der Waals surface area contributed by atoms with E-state index in [1.807, 2.05) is 0 Å². The molecule has 0 saturated heterocycles. The molecule has 0 aliphatic carbocycles. The maximum atomic E-state index is 10.6. The second kappa shape index (κ2) is 13.4. The number of hydrogen-bond acceptors (Lipinski definition) is 6. The van der Waals surface area contributed by atoms with E-state index in [0.29, 0.717) is 12.3 Å². The zero-order valence-corrected chi connectivity index (χ0v) is 16.9. The van der Waals surface area contributed by atoms with Crippen molar-refractivity contribution >= 4 is 28.2 Å². The molecule has 0 heterocycles. The molecule has 0 radical (unpaired) electrons. The predicted molar refractivity (Wildman–Crippen MR) is 91.3 cm³/mol. The Kier molecular flexibility index (Phi) is 13.4. The molecular formula is C12H28ClNO6Si2. The van der Waals surface area contributed by atoms with Gasteiger partial charge in [0.15, 0.2) is 0 Å². The van der Waals surface area contributed by atoms with Crippen LogP contribution in [0.4, 0.5) is 0 Å². The predicted octanol–water partition coefficient (Wildman–Crippen LogP) is 1.13. The van der Waals surface area contributed by atoms with Gasteiger partial charge in [0.25, 0.3) is 0 Å². The van der Waals surface area contributed by atoms with Crippen LogP contribution >= 0.6 is 11.6 Å². The fraction of sp³-hybridized carbons (Fsp3) is 1.00. The van der Waals surface area contributed by atoms with Gasteiger partial charge in [-0.1, -0.05) is 12.1 Å². The van der Waals surface area contributed by atoms with E-state index in [1.165, 1.54) is 0 Å². The van der Waals surface area contributed by atoms with Crippen LogP contribution < -0.4 is 0 Å². The zero-order valence-electron chi connectivity index (χ0n) is 13.8. The summed E-state index contributed by atoms with van der Waals surface area (Å²) in [6, 6.07) is 1.75. The van der Waals surface area contributed by atoms with Gasteiger partial charge in [-0.25, -0.2) is 0 Å². The van der Waals surface area contributed by atoms with Crippen molar-refractivity contribution in [2.45, 2.75) is 36.8 Å². The number of nitrogens with zero attached hydrogens (tertiary/aromatic N) is 1. The molecule has 0 aromatic heterocycles. The number of alkyl halides is 1. The van der Waals surface area contributed by atoms with E-state index in [1.54, 1.807) is 28.4 Å². The molecule has 0 aromatic rings. The van der Waals surface area contributed by atoms with E-state index in [4.69, 9.17) is 30.5 Å². The van der Waals surface area contributed by atoms with Crippen LogP contribution in [0.15, 0.2) is 0 Å². The minimum absolute atomic E-state index is 0.0229. The molecule has 2 unspecified atom stereocenters. The fourth-order valence-corrected chi connectivity index (χ4v) is 16.4. The number of hydrogen-bond donors (Lipinski definition) is 0. The smallest absolute Gasteiger partial charge is 0.203 e. The summed E-state index contributed by atoms with van der Waals surface area (Å²) < 4.78 is 21.9. The van der Waals surface area contributed by atoms with Gasteiger partial charge in [-0.15, -0.1) is 11.6 Å². The largest absolute Gasteiger partial charge is 0.360 e. The maximum absolute atomic E-state index is 10.6. The van der Waals surface area contributed by atoms with Crippen LogP contribution in [0.5, 0.6) is 0 Å². The van der Waals surface area contributed by atoms with Gasteiger partial charge in [0.05, 0.1) is 0 Å². The van der Waals surface area contributed by atoms with Crippen molar-refractivity contribution in [2.75, 3.05) is 40.9 Å². The highest BCUT2D eigenvalue weighted by Gasteiger charge is 2.38. The van der Waals surface area contributed by atoms with E-state index in [9.17, 15) is 10.1 Å². The summed E-state index contributed by atoms with van der Waals surface area (Å²) in [5.74, 6) is 0.0828. The molecule has 0 aliphatic rings. The lowest BCUT2D eigenvalue weighted by molar-refractivity contribution is -0.479. The second-order valence-electron chi connectivity index (χ2n) is 5.04. The Morgan fingerprint density at radius 2 is 1.36 bits per heavy atom. The van der Waals surface area contributed by atoms with E-state index >= 15 is 0 Å². The Bertz CT molecular complexity index is 295. The average molecular weight is 374 g/mol. The normalized spacial score (nSPS) is 14.5. The molecule has 0 fully saturated rings. The van der Waals surface area contributed by atoms with Gasteiger partial charge in [-0.2, -0.15) is 0 Å². The van der Waals surface area contributed by atoms with Crippen LogP contribution in [-0.4, -0.2) is 74.2 Å². The first-order valence-electron chi connectivity index (χ1n) is 7.34. The van der Waals surface area contributed by atoms with Gasteiger partial charge in [0.1, 0.15) is 28.5 Å². The molecule has 0 spiro atoms. The third-order valence-electron chi connectivity index (χ3n) is 3.73.